The van der Waals surface area contributed by atoms with E-state index in [1.807, 2.05) is 24.3 Å². The Labute approximate surface area is 121 Å². The Morgan fingerprint density at radius 2 is 2.16 bits per heavy atom. The number of nitrogens with one attached hydrogen (secondary N) is 1. The minimum Gasteiger partial charge on any atom is -0.337 e. The van der Waals surface area contributed by atoms with Gasteiger partial charge >= 0.3 is 6.03 Å². The molecule has 0 saturated heterocycles. The highest BCUT2D eigenvalue weighted by Gasteiger charge is 2.10. The molecule has 104 valence electrons. The molecule has 0 radical (unpaired) electrons. The van der Waals surface area contributed by atoms with Crippen LogP contribution < -0.4 is 11.1 Å². The average Bonchev–Trinajstić information content (AvgIpc) is 2.42. The lowest BCUT2D eigenvalue weighted by Crippen LogP contribution is -2.40. The van der Waals surface area contributed by atoms with Crippen LogP contribution in [-0.2, 0) is 11.2 Å². The molecule has 5 nitrogen and oxygen atoms in total. The molecule has 0 saturated carbocycles. The summed E-state index contributed by atoms with van der Waals surface area (Å²) in [5.74, 6) is 0. The summed E-state index contributed by atoms with van der Waals surface area (Å²) in [6.45, 7) is 1.28. The van der Waals surface area contributed by atoms with Gasteiger partial charge in [0.2, 0.25) is 6.41 Å². The van der Waals surface area contributed by atoms with E-state index < -0.39 is 0 Å². The molecule has 0 aromatic heterocycles. The van der Waals surface area contributed by atoms with Crippen molar-refractivity contribution in [3.8, 4) is 0 Å². The van der Waals surface area contributed by atoms with E-state index in [2.05, 4.69) is 21.2 Å². The number of rotatable bonds is 7. The van der Waals surface area contributed by atoms with Gasteiger partial charge in [-0.05, 0) is 31.0 Å². The Morgan fingerprint density at radius 3 is 2.79 bits per heavy atom. The van der Waals surface area contributed by atoms with Crippen LogP contribution in [-0.4, -0.2) is 37.0 Å². The number of halogens is 1. The monoisotopic (exact) mass is 327 g/mol. The van der Waals surface area contributed by atoms with Gasteiger partial charge < -0.3 is 11.1 Å². The summed E-state index contributed by atoms with van der Waals surface area (Å²) in [7, 11) is 0. The second-order valence-electron chi connectivity index (χ2n) is 4.01. The number of urea groups is 1. The maximum absolute atomic E-state index is 11.7. The summed E-state index contributed by atoms with van der Waals surface area (Å²) >= 11 is 3.45. The van der Waals surface area contributed by atoms with Crippen LogP contribution in [0.4, 0.5) is 4.79 Å². The number of amides is 3. The highest BCUT2D eigenvalue weighted by molar-refractivity contribution is 9.10. The number of carbonyl (C=O) groups is 2. The number of nitrogens with zero attached hydrogens (tertiary/aromatic N) is 1. The first-order chi connectivity index (χ1) is 9.19. The van der Waals surface area contributed by atoms with Crippen molar-refractivity contribution in [2.45, 2.75) is 12.8 Å². The highest BCUT2D eigenvalue weighted by atomic mass is 79.9. The Kier molecular flexibility index (Phi) is 7.14. The molecule has 0 atom stereocenters. The summed E-state index contributed by atoms with van der Waals surface area (Å²) in [6, 6.07) is 7.45. The maximum Gasteiger partial charge on any atom is 0.323 e. The zero-order valence-electron chi connectivity index (χ0n) is 10.6. The molecule has 0 unspecified atom stereocenters. The van der Waals surface area contributed by atoms with Crippen LogP contribution in [0.2, 0.25) is 0 Å². The molecule has 1 aromatic rings. The minimum atomic E-state index is -0.379. The van der Waals surface area contributed by atoms with Crippen LogP contribution >= 0.6 is 15.9 Å². The number of hydrogen-bond donors (Lipinski definition) is 2. The molecule has 6 heteroatoms. The van der Waals surface area contributed by atoms with Gasteiger partial charge in [-0.3, -0.25) is 9.69 Å². The molecule has 0 bridgehead atoms. The van der Waals surface area contributed by atoms with Gasteiger partial charge in [0, 0.05) is 17.6 Å². The fourth-order valence-corrected chi connectivity index (χ4v) is 2.05. The van der Waals surface area contributed by atoms with Crippen LogP contribution in [0.3, 0.4) is 0 Å². The predicted octanol–water partition coefficient (Wildman–Crippen LogP) is 1.51. The van der Waals surface area contributed by atoms with E-state index in [1.165, 1.54) is 0 Å². The summed E-state index contributed by atoms with van der Waals surface area (Å²) < 4.78 is 1.01. The van der Waals surface area contributed by atoms with Gasteiger partial charge in [-0.15, -0.1) is 0 Å². The molecule has 0 fully saturated rings. The van der Waals surface area contributed by atoms with Crippen LogP contribution in [0, 0.1) is 0 Å². The van der Waals surface area contributed by atoms with Gasteiger partial charge in [0.05, 0.1) is 0 Å². The van der Waals surface area contributed by atoms with Gasteiger partial charge in [0.15, 0.2) is 0 Å². The Morgan fingerprint density at radius 1 is 1.42 bits per heavy atom. The molecule has 0 spiro atoms. The van der Waals surface area contributed by atoms with Crippen molar-refractivity contribution in [2.24, 2.45) is 5.73 Å². The lowest BCUT2D eigenvalue weighted by molar-refractivity contribution is -0.115. The summed E-state index contributed by atoms with van der Waals surface area (Å²) in [4.78, 5) is 23.5. The molecule has 0 aliphatic heterocycles. The van der Waals surface area contributed by atoms with Crippen LogP contribution in [0.1, 0.15) is 12.0 Å². The van der Waals surface area contributed by atoms with Crippen molar-refractivity contribution in [3.63, 3.8) is 0 Å². The first-order valence-electron chi connectivity index (χ1n) is 6.12. The first kappa shape index (κ1) is 15.7. The standard InChI is InChI=1S/C13H18BrN3O2/c14-12-5-2-1-4-11(12)6-8-16-13(19)17(10-18)9-3-7-15/h1-2,4-5,10H,3,6-9,15H2,(H,16,19). The van der Waals surface area contributed by atoms with Crippen molar-refractivity contribution >= 4 is 28.4 Å². The maximum atomic E-state index is 11.7. The summed E-state index contributed by atoms with van der Waals surface area (Å²) in [5.41, 5.74) is 6.46. The van der Waals surface area contributed by atoms with Crippen molar-refractivity contribution in [1.82, 2.24) is 10.2 Å². The number of benzene rings is 1. The number of imide groups is 1. The van der Waals surface area contributed by atoms with E-state index in [4.69, 9.17) is 5.73 Å². The molecule has 1 rings (SSSR count). The van der Waals surface area contributed by atoms with E-state index >= 15 is 0 Å². The number of carbonyl (C=O) groups excluding carboxylic acids is 2. The van der Waals surface area contributed by atoms with Gasteiger partial charge in [0.25, 0.3) is 0 Å². The average molecular weight is 328 g/mol. The summed E-state index contributed by atoms with van der Waals surface area (Å²) in [5, 5.41) is 2.71. The molecule has 0 heterocycles. The normalized spacial score (nSPS) is 10.0. The number of nitrogens with two attached hydrogens (primary N) is 1. The zero-order chi connectivity index (χ0) is 14.1. The van der Waals surface area contributed by atoms with Crippen molar-refractivity contribution < 1.29 is 9.59 Å². The largest absolute Gasteiger partial charge is 0.337 e. The Bertz CT molecular complexity index is 426. The lowest BCUT2D eigenvalue weighted by atomic mass is 10.1. The molecular weight excluding hydrogens is 310 g/mol. The summed E-state index contributed by atoms with van der Waals surface area (Å²) in [6.07, 6.45) is 1.84. The molecular formula is C13H18BrN3O2. The highest BCUT2D eigenvalue weighted by Crippen LogP contribution is 2.15. The third-order valence-corrected chi connectivity index (χ3v) is 3.39. The van der Waals surface area contributed by atoms with Gasteiger partial charge in [0.1, 0.15) is 0 Å². The minimum absolute atomic E-state index is 0.348. The second kappa shape index (κ2) is 8.66. The first-order valence-corrected chi connectivity index (χ1v) is 6.91. The quantitative estimate of drug-likeness (QED) is 0.745. The SMILES string of the molecule is NCCCN(C=O)C(=O)NCCc1ccccc1Br. The van der Waals surface area contributed by atoms with Gasteiger partial charge in [-0.2, -0.15) is 0 Å². The fourth-order valence-electron chi connectivity index (χ4n) is 1.57. The van der Waals surface area contributed by atoms with Gasteiger partial charge in [-0.1, -0.05) is 34.1 Å². The van der Waals surface area contributed by atoms with Crippen LogP contribution in [0.15, 0.2) is 28.7 Å². The second-order valence-corrected chi connectivity index (χ2v) is 4.87. The van der Waals surface area contributed by atoms with E-state index in [-0.39, 0.29) is 6.03 Å². The van der Waals surface area contributed by atoms with Crippen molar-refractivity contribution in [2.75, 3.05) is 19.6 Å². The topological polar surface area (TPSA) is 75.4 Å². The third-order valence-electron chi connectivity index (χ3n) is 2.62. The zero-order valence-corrected chi connectivity index (χ0v) is 12.2. The molecule has 0 aliphatic rings. The Balaban J connectivity index is 2.37. The predicted molar refractivity (Wildman–Crippen MR) is 77.7 cm³/mol. The fraction of sp³-hybridized carbons (Fsp3) is 0.385. The molecule has 0 aliphatic carbocycles. The molecule has 3 amide bonds. The molecule has 1 aromatic carbocycles. The van der Waals surface area contributed by atoms with Crippen LogP contribution in [0.5, 0.6) is 0 Å². The molecule has 3 N–H and O–H groups in total. The van der Waals surface area contributed by atoms with E-state index in [0.717, 1.165) is 14.9 Å². The smallest absolute Gasteiger partial charge is 0.323 e. The lowest BCUT2D eigenvalue weighted by Gasteiger charge is -2.16. The van der Waals surface area contributed by atoms with Crippen molar-refractivity contribution in [1.29, 1.82) is 0 Å². The van der Waals surface area contributed by atoms with E-state index in [9.17, 15) is 9.59 Å². The van der Waals surface area contributed by atoms with Crippen molar-refractivity contribution in [3.05, 3.63) is 34.3 Å². The third kappa shape index (κ3) is 5.40. The van der Waals surface area contributed by atoms with Crippen LogP contribution in [0.25, 0.3) is 0 Å². The Hall–Kier alpha value is -1.40. The van der Waals surface area contributed by atoms with Gasteiger partial charge in [-0.25, -0.2) is 4.79 Å². The molecule has 19 heavy (non-hydrogen) atoms. The van der Waals surface area contributed by atoms with E-state index in [0.29, 0.717) is 38.9 Å². The number of hydrogen-bond acceptors (Lipinski definition) is 3. The van der Waals surface area contributed by atoms with E-state index in [1.54, 1.807) is 0 Å².